The lowest BCUT2D eigenvalue weighted by Crippen LogP contribution is -2.33. The smallest absolute Gasteiger partial charge is 0.129 e. The van der Waals surface area contributed by atoms with Crippen LogP contribution in [-0.4, -0.2) is 19.6 Å². The van der Waals surface area contributed by atoms with E-state index in [2.05, 4.69) is 50.9 Å². The van der Waals surface area contributed by atoms with Gasteiger partial charge in [0, 0.05) is 30.9 Å². The summed E-state index contributed by atoms with van der Waals surface area (Å²) in [6.45, 7) is 14.4. The van der Waals surface area contributed by atoms with Crippen molar-refractivity contribution in [3.05, 3.63) is 29.6 Å². The number of hydrogen-bond acceptors (Lipinski definition) is 2. The first-order chi connectivity index (χ1) is 9.95. The summed E-state index contributed by atoms with van der Waals surface area (Å²) in [5, 5.41) is 3.33. The summed E-state index contributed by atoms with van der Waals surface area (Å²) in [5.74, 6) is 1.01. The average molecular weight is 294 g/mol. The second kappa shape index (κ2) is 9.04. The Hall–Kier alpha value is -1.09. The highest BCUT2D eigenvalue weighted by molar-refractivity contribution is 5.54. The van der Waals surface area contributed by atoms with E-state index >= 15 is 0 Å². The lowest BCUT2D eigenvalue weighted by Gasteiger charge is -2.30. The summed E-state index contributed by atoms with van der Waals surface area (Å²) in [5.41, 5.74) is 1.84. The zero-order valence-electron chi connectivity index (χ0n) is 14.2. The van der Waals surface area contributed by atoms with Crippen molar-refractivity contribution in [3.63, 3.8) is 0 Å². The molecule has 1 rings (SSSR count). The van der Waals surface area contributed by atoms with Crippen LogP contribution in [0.15, 0.2) is 18.2 Å². The van der Waals surface area contributed by atoms with E-state index in [1.54, 1.807) is 6.07 Å². The van der Waals surface area contributed by atoms with Crippen molar-refractivity contribution >= 4 is 5.69 Å². The van der Waals surface area contributed by atoms with Crippen LogP contribution in [0.5, 0.6) is 0 Å². The highest BCUT2D eigenvalue weighted by Crippen LogP contribution is 2.25. The van der Waals surface area contributed by atoms with Crippen LogP contribution in [0.3, 0.4) is 0 Å². The van der Waals surface area contributed by atoms with E-state index in [-0.39, 0.29) is 5.82 Å². The molecule has 0 heterocycles. The van der Waals surface area contributed by atoms with Crippen LogP contribution in [0.2, 0.25) is 0 Å². The summed E-state index contributed by atoms with van der Waals surface area (Å²) in [7, 11) is 0. The summed E-state index contributed by atoms with van der Waals surface area (Å²) >= 11 is 0. The van der Waals surface area contributed by atoms with Crippen molar-refractivity contribution in [2.45, 2.75) is 47.6 Å². The van der Waals surface area contributed by atoms with Gasteiger partial charge in [-0.05, 0) is 36.9 Å². The fourth-order valence-electron chi connectivity index (χ4n) is 2.56. The molecular formula is C18H31FN2. The molecule has 1 N–H and O–H groups in total. The molecule has 0 radical (unpaired) electrons. The van der Waals surface area contributed by atoms with Crippen LogP contribution in [0.1, 0.15) is 46.6 Å². The van der Waals surface area contributed by atoms with Crippen molar-refractivity contribution in [1.29, 1.82) is 0 Å². The zero-order valence-corrected chi connectivity index (χ0v) is 14.2. The molecule has 0 aliphatic carbocycles. The molecule has 1 aromatic rings. The van der Waals surface area contributed by atoms with E-state index in [0.717, 1.165) is 37.3 Å². The van der Waals surface area contributed by atoms with Gasteiger partial charge in [-0.15, -0.1) is 0 Å². The topological polar surface area (TPSA) is 15.3 Å². The highest BCUT2D eigenvalue weighted by Gasteiger charge is 2.16. The molecule has 0 unspecified atom stereocenters. The highest BCUT2D eigenvalue weighted by atomic mass is 19.1. The first-order valence-corrected chi connectivity index (χ1v) is 8.18. The van der Waals surface area contributed by atoms with Crippen LogP contribution < -0.4 is 10.2 Å². The summed E-state index contributed by atoms with van der Waals surface area (Å²) in [6.07, 6.45) is 1.06. The Bertz CT molecular complexity index is 406. The maximum Gasteiger partial charge on any atom is 0.129 e. The lowest BCUT2D eigenvalue weighted by atomic mass is 10.1. The molecule has 0 aliphatic heterocycles. The summed E-state index contributed by atoms with van der Waals surface area (Å²) < 4.78 is 14.2. The fraction of sp³-hybridized carbons (Fsp3) is 0.667. The van der Waals surface area contributed by atoms with Gasteiger partial charge in [0.05, 0.1) is 0 Å². The predicted molar refractivity (Wildman–Crippen MR) is 90.3 cm³/mol. The van der Waals surface area contributed by atoms with Gasteiger partial charge in [0.2, 0.25) is 0 Å². The van der Waals surface area contributed by atoms with Crippen molar-refractivity contribution < 1.29 is 4.39 Å². The van der Waals surface area contributed by atoms with E-state index < -0.39 is 0 Å². The number of benzene rings is 1. The normalized spacial score (nSPS) is 11.4. The Morgan fingerprint density at radius 1 is 1.10 bits per heavy atom. The van der Waals surface area contributed by atoms with Gasteiger partial charge in [0.15, 0.2) is 0 Å². The van der Waals surface area contributed by atoms with Crippen molar-refractivity contribution in [3.8, 4) is 0 Å². The SMILES string of the molecule is CCCNCc1c(F)cccc1N(CC(C)C)CC(C)C. The van der Waals surface area contributed by atoms with Gasteiger partial charge in [-0.25, -0.2) is 4.39 Å². The molecular weight excluding hydrogens is 263 g/mol. The van der Waals surface area contributed by atoms with E-state index in [0.29, 0.717) is 18.4 Å². The van der Waals surface area contributed by atoms with Gasteiger partial charge in [0.1, 0.15) is 5.82 Å². The summed E-state index contributed by atoms with van der Waals surface area (Å²) in [4.78, 5) is 2.33. The molecule has 0 bridgehead atoms. The van der Waals surface area contributed by atoms with E-state index in [9.17, 15) is 4.39 Å². The molecule has 0 atom stereocenters. The first-order valence-electron chi connectivity index (χ1n) is 8.18. The van der Waals surface area contributed by atoms with Crippen LogP contribution in [0.25, 0.3) is 0 Å². The van der Waals surface area contributed by atoms with Crippen LogP contribution in [0.4, 0.5) is 10.1 Å². The lowest BCUT2D eigenvalue weighted by molar-refractivity contribution is 0.542. The van der Waals surface area contributed by atoms with Gasteiger partial charge >= 0.3 is 0 Å². The monoisotopic (exact) mass is 294 g/mol. The second-order valence-corrected chi connectivity index (χ2v) is 6.61. The fourth-order valence-corrected chi connectivity index (χ4v) is 2.56. The molecule has 0 amide bonds. The maximum absolute atomic E-state index is 14.2. The second-order valence-electron chi connectivity index (χ2n) is 6.61. The molecule has 0 aliphatic rings. The number of anilines is 1. The first kappa shape index (κ1) is 18.0. The van der Waals surface area contributed by atoms with Gasteiger partial charge in [-0.2, -0.15) is 0 Å². The molecule has 0 fully saturated rings. The van der Waals surface area contributed by atoms with E-state index in [1.165, 1.54) is 0 Å². The minimum atomic E-state index is -0.103. The van der Waals surface area contributed by atoms with Gasteiger partial charge in [-0.3, -0.25) is 0 Å². The number of halogens is 1. The average Bonchev–Trinajstić information content (AvgIpc) is 2.39. The predicted octanol–water partition coefficient (Wildman–Crippen LogP) is 4.44. The number of nitrogens with zero attached hydrogens (tertiary/aromatic N) is 1. The number of rotatable bonds is 9. The van der Waals surface area contributed by atoms with E-state index in [4.69, 9.17) is 0 Å². The van der Waals surface area contributed by atoms with Crippen molar-refractivity contribution in [2.24, 2.45) is 11.8 Å². The Morgan fingerprint density at radius 2 is 1.71 bits per heavy atom. The van der Waals surface area contributed by atoms with Gasteiger partial charge in [-0.1, -0.05) is 40.7 Å². The Morgan fingerprint density at radius 3 is 2.24 bits per heavy atom. The minimum absolute atomic E-state index is 0.103. The van der Waals surface area contributed by atoms with Crippen LogP contribution in [-0.2, 0) is 6.54 Å². The standard InChI is InChI=1S/C18H31FN2/c1-6-10-20-11-16-17(19)8-7-9-18(16)21(12-14(2)3)13-15(4)5/h7-9,14-15,20H,6,10-13H2,1-5H3. The van der Waals surface area contributed by atoms with Crippen molar-refractivity contribution in [2.75, 3.05) is 24.5 Å². The van der Waals surface area contributed by atoms with Crippen molar-refractivity contribution in [1.82, 2.24) is 5.32 Å². The Balaban J connectivity index is 3.01. The molecule has 21 heavy (non-hydrogen) atoms. The zero-order chi connectivity index (χ0) is 15.8. The Labute approximate surface area is 129 Å². The van der Waals surface area contributed by atoms with E-state index in [1.807, 2.05) is 6.07 Å². The quantitative estimate of drug-likeness (QED) is 0.677. The maximum atomic E-state index is 14.2. The summed E-state index contributed by atoms with van der Waals surface area (Å²) in [6, 6.07) is 5.44. The minimum Gasteiger partial charge on any atom is -0.371 e. The molecule has 0 spiro atoms. The molecule has 3 heteroatoms. The largest absolute Gasteiger partial charge is 0.371 e. The van der Waals surface area contributed by atoms with Gasteiger partial charge < -0.3 is 10.2 Å². The third-order valence-electron chi connectivity index (χ3n) is 3.33. The molecule has 2 nitrogen and oxygen atoms in total. The third kappa shape index (κ3) is 6.04. The van der Waals surface area contributed by atoms with Gasteiger partial charge in [0.25, 0.3) is 0 Å². The Kier molecular flexibility index (Phi) is 7.73. The molecule has 0 aromatic heterocycles. The third-order valence-corrected chi connectivity index (χ3v) is 3.33. The molecule has 1 aromatic carbocycles. The van der Waals surface area contributed by atoms with Crippen LogP contribution >= 0.6 is 0 Å². The number of hydrogen-bond donors (Lipinski definition) is 1. The van der Waals surface area contributed by atoms with Crippen LogP contribution in [0, 0.1) is 17.7 Å². The molecule has 0 saturated heterocycles. The molecule has 0 saturated carbocycles. The molecule has 120 valence electrons. The number of nitrogens with one attached hydrogen (secondary N) is 1.